The molecule has 200 valence electrons. The minimum Gasteiger partial charge on any atom is -0.465 e. The summed E-state index contributed by atoms with van der Waals surface area (Å²) in [5, 5.41) is 11.6. The third-order valence-electron chi connectivity index (χ3n) is 7.21. The van der Waals surface area contributed by atoms with Crippen molar-refractivity contribution >= 4 is 34.5 Å². The average molecular weight is 526 g/mol. The molecule has 0 saturated heterocycles. The van der Waals surface area contributed by atoms with E-state index in [2.05, 4.69) is 15.6 Å². The molecule has 5 rings (SSSR count). The Morgan fingerprint density at radius 1 is 1.03 bits per heavy atom. The first-order chi connectivity index (χ1) is 19.0. The van der Waals surface area contributed by atoms with E-state index in [0.29, 0.717) is 22.3 Å². The van der Waals surface area contributed by atoms with E-state index in [0.717, 1.165) is 31.2 Å². The normalized spacial score (nSPS) is 14.2. The van der Waals surface area contributed by atoms with E-state index in [1.54, 1.807) is 24.3 Å². The predicted octanol–water partition coefficient (Wildman–Crippen LogP) is 4.36. The van der Waals surface area contributed by atoms with Crippen LogP contribution in [0, 0.1) is 6.92 Å². The highest BCUT2D eigenvalue weighted by Crippen LogP contribution is 2.32. The number of aryl methyl sites for hydroxylation is 1. The zero-order valence-corrected chi connectivity index (χ0v) is 22.0. The fourth-order valence-electron chi connectivity index (χ4n) is 5.22. The van der Waals surface area contributed by atoms with Gasteiger partial charge in [-0.3, -0.25) is 14.5 Å². The number of rotatable bonds is 8. The van der Waals surface area contributed by atoms with Crippen LogP contribution in [0.5, 0.6) is 0 Å². The standard InChI is InChI=1S/C30H31N5O4/c1-20-10-3-6-15-24(20)28(29(37)31-22-12-4-5-13-22)35(23-14-9-11-21(18-23)30(38)39-2)27(36)19-34-26-17-8-7-16-25(26)32-33-34/h3,6-11,14-18,22,28H,4-5,12-13,19H2,1-2H3,(H,31,37). The summed E-state index contributed by atoms with van der Waals surface area (Å²) in [6.45, 7) is 1.77. The Morgan fingerprint density at radius 2 is 1.77 bits per heavy atom. The molecule has 0 radical (unpaired) electrons. The summed E-state index contributed by atoms with van der Waals surface area (Å²) in [7, 11) is 1.30. The maximum absolute atomic E-state index is 14.2. The topological polar surface area (TPSA) is 106 Å². The number of benzene rings is 3. The van der Waals surface area contributed by atoms with Gasteiger partial charge in [-0.25, -0.2) is 9.48 Å². The number of amides is 2. The predicted molar refractivity (Wildman–Crippen MR) is 147 cm³/mol. The number of carbonyl (C=O) groups excluding carboxylic acids is 3. The van der Waals surface area contributed by atoms with Gasteiger partial charge in [-0.05, 0) is 61.2 Å². The van der Waals surface area contributed by atoms with Gasteiger partial charge in [0.2, 0.25) is 11.8 Å². The van der Waals surface area contributed by atoms with E-state index in [-0.39, 0.29) is 30.0 Å². The molecule has 1 aromatic heterocycles. The van der Waals surface area contributed by atoms with Gasteiger partial charge < -0.3 is 10.1 Å². The molecular weight excluding hydrogens is 494 g/mol. The highest BCUT2D eigenvalue weighted by molar-refractivity contribution is 6.02. The second-order valence-corrected chi connectivity index (χ2v) is 9.79. The average Bonchev–Trinajstić information content (AvgIpc) is 3.62. The van der Waals surface area contributed by atoms with Gasteiger partial charge in [-0.2, -0.15) is 0 Å². The molecule has 1 atom stereocenters. The highest BCUT2D eigenvalue weighted by Gasteiger charge is 2.35. The van der Waals surface area contributed by atoms with Crippen LogP contribution in [-0.2, 0) is 20.9 Å². The lowest BCUT2D eigenvalue weighted by Gasteiger charge is -2.33. The minimum absolute atomic E-state index is 0.0571. The number of carbonyl (C=O) groups is 3. The van der Waals surface area contributed by atoms with Crippen molar-refractivity contribution in [1.29, 1.82) is 0 Å². The zero-order chi connectivity index (χ0) is 27.4. The van der Waals surface area contributed by atoms with Crippen LogP contribution in [0.3, 0.4) is 0 Å². The summed E-state index contributed by atoms with van der Waals surface area (Å²) in [4.78, 5) is 42.1. The fourth-order valence-corrected chi connectivity index (χ4v) is 5.22. The molecule has 1 N–H and O–H groups in total. The number of hydrogen-bond donors (Lipinski definition) is 1. The van der Waals surface area contributed by atoms with Crippen molar-refractivity contribution in [3.8, 4) is 0 Å². The van der Waals surface area contributed by atoms with Crippen LogP contribution < -0.4 is 10.2 Å². The molecule has 1 fully saturated rings. The number of anilines is 1. The van der Waals surface area contributed by atoms with Crippen LogP contribution in [0.1, 0.15) is 53.2 Å². The summed E-state index contributed by atoms with van der Waals surface area (Å²) in [6, 6.07) is 20.6. The molecule has 1 aliphatic carbocycles. The Balaban J connectivity index is 1.62. The number of aromatic nitrogens is 3. The van der Waals surface area contributed by atoms with Gasteiger partial charge in [0.05, 0.1) is 18.2 Å². The second kappa shape index (κ2) is 11.5. The Morgan fingerprint density at radius 3 is 2.54 bits per heavy atom. The summed E-state index contributed by atoms with van der Waals surface area (Å²) in [5.41, 5.74) is 3.63. The minimum atomic E-state index is -0.970. The summed E-state index contributed by atoms with van der Waals surface area (Å²) >= 11 is 0. The van der Waals surface area contributed by atoms with E-state index < -0.39 is 12.0 Å². The Labute approximate surface area is 226 Å². The van der Waals surface area contributed by atoms with E-state index in [9.17, 15) is 14.4 Å². The first-order valence-electron chi connectivity index (χ1n) is 13.1. The first kappa shape index (κ1) is 26.1. The van der Waals surface area contributed by atoms with E-state index >= 15 is 0 Å². The number of esters is 1. The molecule has 1 aliphatic rings. The molecule has 9 nitrogen and oxygen atoms in total. The van der Waals surface area contributed by atoms with Crippen molar-refractivity contribution in [2.45, 2.75) is 51.2 Å². The number of hydrogen-bond acceptors (Lipinski definition) is 6. The molecule has 2 amide bonds. The third kappa shape index (κ3) is 5.52. The maximum Gasteiger partial charge on any atom is 0.337 e. The summed E-state index contributed by atoms with van der Waals surface area (Å²) < 4.78 is 6.45. The van der Waals surface area contributed by atoms with Gasteiger partial charge in [0.1, 0.15) is 18.1 Å². The van der Waals surface area contributed by atoms with Crippen LogP contribution in [-0.4, -0.2) is 45.9 Å². The molecule has 1 heterocycles. The molecule has 39 heavy (non-hydrogen) atoms. The van der Waals surface area contributed by atoms with Crippen molar-refractivity contribution in [3.05, 3.63) is 89.5 Å². The van der Waals surface area contributed by atoms with Crippen LogP contribution in [0.4, 0.5) is 5.69 Å². The molecule has 0 aliphatic heterocycles. The number of fused-ring (bicyclic) bond motifs is 1. The van der Waals surface area contributed by atoms with Gasteiger partial charge in [-0.15, -0.1) is 5.10 Å². The Hall–Kier alpha value is -4.53. The second-order valence-electron chi connectivity index (χ2n) is 9.79. The molecule has 4 aromatic rings. The Kier molecular flexibility index (Phi) is 7.67. The van der Waals surface area contributed by atoms with Gasteiger partial charge in [0.15, 0.2) is 0 Å². The molecule has 0 spiro atoms. The van der Waals surface area contributed by atoms with Crippen molar-refractivity contribution in [3.63, 3.8) is 0 Å². The van der Waals surface area contributed by atoms with Crippen LogP contribution in [0.25, 0.3) is 11.0 Å². The number of methoxy groups -OCH3 is 1. The maximum atomic E-state index is 14.2. The van der Waals surface area contributed by atoms with Crippen LogP contribution in [0.15, 0.2) is 72.8 Å². The largest absolute Gasteiger partial charge is 0.465 e. The molecular formula is C30H31N5O4. The number of nitrogens with one attached hydrogen (secondary N) is 1. The summed E-state index contributed by atoms with van der Waals surface area (Å²) in [6.07, 6.45) is 3.93. The molecule has 0 bridgehead atoms. The van der Waals surface area contributed by atoms with Gasteiger partial charge in [0, 0.05) is 11.7 Å². The third-order valence-corrected chi connectivity index (χ3v) is 7.21. The Bertz CT molecular complexity index is 1510. The summed E-state index contributed by atoms with van der Waals surface area (Å²) in [5.74, 6) is -1.17. The SMILES string of the molecule is COC(=O)c1cccc(N(C(=O)Cn2nnc3ccccc32)C(C(=O)NC2CCCC2)c2ccccc2C)c1. The van der Waals surface area contributed by atoms with E-state index in [1.807, 2.05) is 55.5 Å². The number of para-hydroxylation sites is 1. The van der Waals surface area contributed by atoms with Gasteiger partial charge in [-0.1, -0.05) is 60.5 Å². The first-order valence-corrected chi connectivity index (χ1v) is 13.1. The molecule has 1 saturated carbocycles. The quantitative estimate of drug-likeness (QED) is 0.343. The number of nitrogens with zero attached hydrogens (tertiary/aromatic N) is 4. The van der Waals surface area contributed by atoms with Crippen molar-refractivity contribution < 1.29 is 19.1 Å². The lowest BCUT2D eigenvalue weighted by Crippen LogP contribution is -2.47. The van der Waals surface area contributed by atoms with Crippen LogP contribution in [0.2, 0.25) is 0 Å². The van der Waals surface area contributed by atoms with Gasteiger partial charge >= 0.3 is 5.97 Å². The number of ether oxygens (including phenoxy) is 1. The lowest BCUT2D eigenvalue weighted by molar-refractivity contribution is -0.127. The van der Waals surface area contributed by atoms with Crippen molar-refractivity contribution in [2.24, 2.45) is 0 Å². The van der Waals surface area contributed by atoms with E-state index in [4.69, 9.17) is 4.74 Å². The van der Waals surface area contributed by atoms with Gasteiger partial charge in [0.25, 0.3) is 0 Å². The lowest BCUT2D eigenvalue weighted by atomic mass is 9.97. The van der Waals surface area contributed by atoms with Crippen molar-refractivity contribution in [1.82, 2.24) is 20.3 Å². The molecule has 3 aromatic carbocycles. The molecule has 1 unspecified atom stereocenters. The monoisotopic (exact) mass is 525 g/mol. The van der Waals surface area contributed by atoms with Crippen molar-refractivity contribution in [2.75, 3.05) is 12.0 Å². The highest BCUT2D eigenvalue weighted by atomic mass is 16.5. The molecule has 9 heteroatoms. The van der Waals surface area contributed by atoms with Crippen LogP contribution >= 0.6 is 0 Å². The van der Waals surface area contributed by atoms with E-state index in [1.165, 1.54) is 16.7 Å². The zero-order valence-electron chi connectivity index (χ0n) is 22.0. The smallest absolute Gasteiger partial charge is 0.337 e. The fraction of sp³-hybridized carbons (Fsp3) is 0.300.